The molecule has 0 amide bonds. The van der Waals surface area contributed by atoms with Crippen LogP contribution >= 0.6 is 11.6 Å². The number of fused-ring (bicyclic) bond motifs is 1. The standard InChI is InChI=1S/C26H29ClO5/c1-22(2)10-4-11-24-20(22)26(31,32-21(24)29)19(28)18-15-23(3,13-14-25(18,24)30)12-9-16-5-7-17(27)8-6-16/h5-9,12,15,20,30-31H,4,10-11,13-14H2,1-3H3/b12-9+/t20-,23-,24-,25+,26+/m0/s1. The van der Waals surface area contributed by atoms with Crippen LogP contribution in [0.3, 0.4) is 0 Å². The van der Waals surface area contributed by atoms with E-state index < -0.39 is 45.3 Å². The van der Waals surface area contributed by atoms with Gasteiger partial charge in [0.2, 0.25) is 5.78 Å². The normalized spacial score (nSPS) is 42.3. The van der Waals surface area contributed by atoms with Crippen molar-refractivity contribution in [3.05, 3.63) is 52.6 Å². The molecule has 170 valence electrons. The number of rotatable bonds is 2. The van der Waals surface area contributed by atoms with E-state index in [1.807, 2.05) is 57.2 Å². The largest absolute Gasteiger partial charge is 0.424 e. The lowest BCUT2D eigenvalue weighted by Gasteiger charge is -2.59. The molecule has 5 rings (SSSR count). The second kappa shape index (κ2) is 6.55. The van der Waals surface area contributed by atoms with Crippen molar-refractivity contribution in [2.75, 3.05) is 0 Å². The van der Waals surface area contributed by atoms with Crippen molar-refractivity contribution in [2.45, 2.75) is 64.3 Å². The zero-order valence-corrected chi connectivity index (χ0v) is 19.4. The van der Waals surface area contributed by atoms with E-state index >= 15 is 0 Å². The highest BCUT2D eigenvalue weighted by molar-refractivity contribution is 6.30. The molecule has 0 aromatic heterocycles. The van der Waals surface area contributed by atoms with Crippen LogP contribution in [-0.2, 0) is 14.3 Å². The van der Waals surface area contributed by atoms with E-state index in [1.165, 1.54) is 0 Å². The molecule has 32 heavy (non-hydrogen) atoms. The van der Waals surface area contributed by atoms with Crippen LogP contribution in [0.1, 0.15) is 58.4 Å². The van der Waals surface area contributed by atoms with Crippen molar-refractivity contribution < 1.29 is 24.5 Å². The fourth-order valence-corrected chi connectivity index (χ4v) is 7.08. The Bertz CT molecular complexity index is 1070. The van der Waals surface area contributed by atoms with E-state index in [0.29, 0.717) is 17.9 Å². The average molecular weight is 457 g/mol. The summed E-state index contributed by atoms with van der Waals surface area (Å²) in [5, 5.41) is 24.2. The van der Waals surface area contributed by atoms with Gasteiger partial charge in [-0.2, -0.15) is 0 Å². The molecule has 5 nitrogen and oxygen atoms in total. The lowest BCUT2D eigenvalue weighted by atomic mass is 9.42. The van der Waals surface area contributed by atoms with Gasteiger partial charge in [-0.25, -0.2) is 0 Å². The summed E-state index contributed by atoms with van der Waals surface area (Å²) >= 11 is 5.97. The molecule has 2 N–H and O–H groups in total. The third kappa shape index (κ3) is 2.65. The second-order valence-electron chi connectivity index (χ2n) is 11.0. The van der Waals surface area contributed by atoms with Gasteiger partial charge >= 0.3 is 5.97 Å². The van der Waals surface area contributed by atoms with E-state index in [-0.39, 0.29) is 12.0 Å². The number of aliphatic hydroxyl groups is 2. The van der Waals surface area contributed by atoms with Crippen LogP contribution in [-0.4, -0.2) is 33.4 Å². The quantitative estimate of drug-likeness (QED) is 0.642. The molecule has 0 spiro atoms. The van der Waals surface area contributed by atoms with Crippen LogP contribution in [0.2, 0.25) is 5.02 Å². The Morgan fingerprint density at radius 3 is 2.41 bits per heavy atom. The minimum atomic E-state index is -2.22. The fourth-order valence-electron chi connectivity index (χ4n) is 6.95. The summed E-state index contributed by atoms with van der Waals surface area (Å²) in [5.41, 5.74) is -2.90. The summed E-state index contributed by atoms with van der Waals surface area (Å²) in [6.07, 6.45) is 8.40. The topological polar surface area (TPSA) is 83.8 Å². The number of carbonyl (C=O) groups is 2. The van der Waals surface area contributed by atoms with Crippen molar-refractivity contribution >= 4 is 29.4 Å². The molecule has 2 saturated carbocycles. The summed E-state index contributed by atoms with van der Waals surface area (Å²) in [7, 11) is 0. The third-order valence-electron chi connectivity index (χ3n) is 8.45. The van der Waals surface area contributed by atoms with Gasteiger partial charge in [0, 0.05) is 16.0 Å². The Kier molecular flexibility index (Phi) is 4.48. The zero-order valence-electron chi connectivity index (χ0n) is 18.7. The van der Waals surface area contributed by atoms with E-state index in [1.54, 1.807) is 6.08 Å². The van der Waals surface area contributed by atoms with Crippen LogP contribution in [0.25, 0.3) is 6.08 Å². The molecule has 5 atom stereocenters. The number of benzene rings is 1. The minimum Gasteiger partial charge on any atom is -0.424 e. The Morgan fingerprint density at radius 2 is 1.72 bits per heavy atom. The number of halogens is 1. The first-order valence-electron chi connectivity index (χ1n) is 11.3. The zero-order chi connectivity index (χ0) is 23.2. The summed E-state index contributed by atoms with van der Waals surface area (Å²) in [4.78, 5) is 26.9. The summed E-state index contributed by atoms with van der Waals surface area (Å²) in [6, 6.07) is 7.44. The first kappa shape index (κ1) is 21.9. The van der Waals surface area contributed by atoms with Crippen LogP contribution in [0.4, 0.5) is 0 Å². The van der Waals surface area contributed by atoms with Gasteiger partial charge in [0.15, 0.2) is 0 Å². The number of ketones is 1. The van der Waals surface area contributed by atoms with Crippen LogP contribution in [0.15, 0.2) is 42.0 Å². The van der Waals surface area contributed by atoms with Gasteiger partial charge in [-0.1, -0.05) is 69.2 Å². The van der Waals surface area contributed by atoms with Gasteiger partial charge < -0.3 is 14.9 Å². The molecular formula is C26H29ClO5. The third-order valence-corrected chi connectivity index (χ3v) is 8.70. The first-order chi connectivity index (χ1) is 14.9. The molecular weight excluding hydrogens is 428 g/mol. The van der Waals surface area contributed by atoms with E-state index in [0.717, 1.165) is 18.4 Å². The molecule has 2 bridgehead atoms. The number of allylic oxidation sites excluding steroid dienone is 2. The smallest absolute Gasteiger partial charge is 0.318 e. The molecule has 0 unspecified atom stereocenters. The monoisotopic (exact) mass is 456 g/mol. The highest BCUT2D eigenvalue weighted by atomic mass is 35.5. The van der Waals surface area contributed by atoms with Crippen LogP contribution in [0, 0.1) is 22.2 Å². The maximum atomic E-state index is 13.6. The Balaban J connectivity index is 1.62. The van der Waals surface area contributed by atoms with Gasteiger partial charge in [-0.05, 0) is 48.8 Å². The number of hydrogen-bond acceptors (Lipinski definition) is 5. The lowest BCUT2D eigenvalue weighted by molar-refractivity contribution is -0.235. The number of esters is 1. The molecule has 3 fully saturated rings. The molecule has 1 heterocycles. The van der Waals surface area contributed by atoms with E-state index in [9.17, 15) is 19.8 Å². The minimum absolute atomic E-state index is 0.120. The summed E-state index contributed by atoms with van der Waals surface area (Å²) in [5.74, 6) is -4.31. The number of carbonyl (C=O) groups excluding carboxylic acids is 2. The average Bonchev–Trinajstić information content (AvgIpc) is 2.96. The molecule has 0 radical (unpaired) electrons. The number of hydrogen-bond donors (Lipinski definition) is 2. The Morgan fingerprint density at radius 1 is 1.03 bits per heavy atom. The highest BCUT2D eigenvalue weighted by Gasteiger charge is 2.83. The van der Waals surface area contributed by atoms with Crippen molar-refractivity contribution in [1.29, 1.82) is 0 Å². The number of Topliss-reactive ketones (excluding diaryl/α,β-unsaturated/α-hetero) is 1. The SMILES string of the molecule is CC1(C)CCC[C@]23C(=O)O[C@](O)(C(=O)C4=C[C@@](C)(/C=C/c5ccc(Cl)cc5)CC[C@@]42O)[C@@H]13. The van der Waals surface area contributed by atoms with Crippen LogP contribution in [0.5, 0.6) is 0 Å². The molecule has 1 aliphatic heterocycles. The first-order valence-corrected chi connectivity index (χ1v) is 11.7. The Hall–Kier alpha value is -1.95. The maximum Gasteiger partial charge on any atom is 0.318 e. The van der Waals surface area contributed by atoms with Gasteiger partial charge in [-0.15, -0.1) is 0 Å². The van der Waals surface area contributed by atoms with E-state index in [2.05, 4.69) is 0 Å². The maximum absolute atomic E-state index is 13.6. The molecule has 1 aromatic carbocycles. The molecule has 3 aliphatic carbocycles. The van der Waals surface area contributed by atoms with E-state index in [4.69, 9.17) is 16.3 Å². The van der Waals surface area contributed by atoms with Gasteiger partial charge in [0.05, 0.1) is 5.92 Å². The lowest BCUT2D eigenvalue weighted by Crippen LogP contribution is -2.70. The Labute approximate surface area is 193 Å². The second-order valence-corrected chi connectivity index (χ2v) is 11.4. The molecule has 6 heteroatoms. The highest BCUT2D eigenvalue weighted by Crippen LogP contribution is 2.71. The van der Waals surface area contributed by atoms with Crippen molar-refractivity contribution in [1.82, 2.24) is 0 Å². The summed E-state index contributed by atoms with van der Waals surface area (Å²) in [6.45, 7) is 5.89. The predicted octanol–water partition coefficient (Wildman–Crippen LogP) is 4.45. The molecule has 4 aliphatic rings. The van der Waals surface area contributed by atoms with Crippen LogP contribution < -0.4 is 0 Å². The van der Waals surface area contributed by atoms with Gasteiger partial charge in [0.25, 0.3) is 5.79 Å². The van der Waals surface area contributed by atoms with Gasteiger partial charge in [0.1, 0.15) is 11.0 Å². The summed E-state index contributed by atoms with van der Waals surface area (Å²) < 4.78 is 5.46. The van der Waals surface area contributed by atoms with Crippen molar-refractivity contribution in [2.24, 2.45) is 22.2 Å². The fraction of sp³-hybridized carbons (Fsp3) is 0.538. The number of ether oxygens (including phenoxy) is 1. The van der Waals surface area contributed by atoms with Crippen molar-refractivity contribution in [3.63, 3.8) is 0 Å². The predicted molar refractivity (Wildman–Crippen MR) is 120 cm³/mol. The van der Waals surface area contributed by atoms with Gasteiger partial charge in [-0.3, -0.25) is 9.59 Å². The molecule has 1 aromatic rings. The molecule has 1 saturated heterocycles. The van der Waals surface area contributed by atoms with Crippen molar-refractivity contribution in [3.8, 4) is 0 Å².